The lowest BCUT2D eigenvalue weighted by Gasteiger charge is -2.40. The van der Waals surface area contributed by atoms with Crippen LogP contribution >= 0.6 is 11.6 Å². The highest BCUT2D eigenvalue weighted by atomic mass is 35.5. The second-order valence-corrected chi connectivity index (χ2v) is 4.96. The summed E-state index contributed by atoms with van der Waals surface area (Å²) in [6.45, 7) is 1.24. The number of benzene rings is 1. The Morgan fingerprint density at radius 2 is 2.24 bits per heavy atom. The van der Waals surface area contributed by atoms with Crippen molar-refractivity contribution in [2.45, 2.75) is 31.4 Å². The molecule has 2 nitrogen and oxygen atoms in total. The summed E-state index contributed by atoms with van der Waals surface area (Å²) < 4.78 is 19.1. The molecular weight excluding hydrogens is 241 g/mol. The molecule has 2 rings (SSSR count). The molecule has 0 unspecified atom stereocenters. The molecule has 94 valence electrons. The first-order chi connectivity index (χ1) is 8.17. The summed E-state index contributed by atoms with van der Waals surface area (Å²) in [6, 6.07) is 5.06. The maximum Gasteiger partial charge on any atom is 0.146 e. The van der Waals surface area contributed by atoms with E-state index in [1.165, 1.54) is 6.42 Å². The van der Waals surface area contributed by atoms with Crippen molar-refractivity contribution in [1.29, 1.82) is 0 Å². The van der Waals surface area contributed by atoms with Gasteiger partial charge in [-0.3, -0.25) is 0 Å². The van der Waals surface area contributed by atoms with Gasteiger partial charge in [-0.1, -0.05) is 23.7 Å². The third-order valence-corrected chi connectivity index (χ3v) is 3.78. The zero-order valence-electron chi connectivity index (χ0n) is 9.93. The summed E-state index contributed by atoms with van der Waals surface area (Å²) in [4.78, 5) is 0. The predicted octanol–water partition coefficient (Wildman–Crippen LogP) is 3.14. The van der Waals surface area contributed by atoms with E-state index < -0.39 is 0 Å². The highest BCUT2D eigenvalue weighted by molar-refractivity contribution is 6.30. The molecule has 0 atom stereocenters. The minimum Gasteiger partial charge on any atom is -0.377 e. The highest BCUT2D eigenvalue weighted by Crippen LogP contribution is 2.34. The van der Waals surface area contributed by atoms with Crippen molar-refractivity contribution < 1.29 is 9.13 Å². The Morgan fingerprint density at radius 3 is 2.82 bits per heavy atom. The molecule has 4 heteroatoms. The van der Waals surface area contributed by atoms with Gasteiger partial charge in [0.15, 0.2) is 0 Å². The molecule has 0 amide bonds. The van der Waals surface area contributed by atoms with Crippen molar-refractivity contribution in [2.75, 3.05) is 13.7 Å². The summed E-state index contributed by atoms with van der Waals surface area (Å²) in [5, 5.41) is 3.42. The van der Waals surface area contributed by atoms with Gasteiger partial charge in [0.05, 0.1) is 10.6 Å². The highest BCUT2D eigenvalue weighted by Gasteiger charge is 2.36. The van der Waals surface area contributed by atoms with Crippen LogP contribution in [0.4, 0.5) is 4.39 Å². The maximum atomic E-state index is 13.6. The number of halogens is 2. The van der Waals surface area contributed by atoms with Gasteiger partial charge in [0.25, 0.3) is 0 Å². The second kappa shape index (κ2) is 5.34. The van der Waals surface area contributed by atoms with Crippen molar-refractivity contribution >= 4 is 11.6 Å². The average Bonchev–Trinajstić information content (AvgIpc) is 2.28. The Morgan fingerprint density at radius 1 is 1.47 bits per heavy atom. The Kier molecular flexibility index (Phi) is 4.02. The molecule has 1 aliphatic carbocycles. The van der Waals surface area contributed by atoms with Crippen molar-refractivity contribution in [3.8, 4) is 0 Å². The fourth-order valence-electron chi connectivity index (χ4n) is 2.13. The van der Waals surface area contributed by atoms with Crippen LogP contribution in [0.5, 0.6) is 0 Å². The normalized spacial score (nSPS) is 17.8. The van der Waals surface area contributed by atoms with E-state index in [1.807, 2.05) is 0 Å². The van der Waals surface area contributed by atoms with Crippen LogP contribution in [0.1, 0.15) is 24.8 Å². The van der Waals surface area contributed by atoms with Crippen molar-refractivity contribution in [1.82, 2.24) is 5.32 Å². The van der Waals surface area contributed by atoms with E-state index in [2.05, 4.69) is 5.32 Å². The standard InChI is InChI=1S/C13H17ClFNO/c1-17-13(6-3-7-13)9-16-8-10-4-2-5-11(14)12(10)15/h2,4-5,16H,3,6-9H2,1H3. The molecule has 0 aromatic heterocycles. The van der Waals surface area contributed by atoms with Crippen LogP contribution in [0, 0.1) is 5.82 Å². The fourth-order valence-corrected chi connectivity index (χ4v) is 2.33. The third kappa shape index (κ3) is 2.79. The molecule has 1 aromatic carbocycles. The number of ether oxygens (including phenoxy) is 1. The van der Waals surface area contributed by atoms with Gasteiger partial charge in [-0.25, -0.2) is 4.39 Å². The monoisotopic (exact) mass is 257 g/mol. The van der Waals surface area contributed by atoms with Crippen LogP contribution < -0.4 is 5.32 Å². The zero-order chi connectivity index (χ0) is 12.3. The number of hydrogen-bond donors (Lipinski definition) is 1. The lowest BCUT2D eigenvalue weighted by atomic mass is 9.80. The molecule has 1 saturated carbocycles. The first kappa shape index (κ1) is 12.8. The van der Waals surface area contributed by atoms with Crippen LogP contribution in [0.2, 0.25) is 5.02 Å². The van der Waals surface area contributed by atoms with Crippen LogP contribution in [0.15, 0.2) is 18.2 Å². The van der Waals surface area contributed by atoms with Crippen molar-refractivity contribution in [2.24, 2.45) is 0 Å². The second-order valence-electron chi connectivity index (χ2n) is 4.56. The van der Waals surface area contributed by atoms with Gasteiger partial charge in [0.2, 0.25) is 0 Å². The maximum absolute atomic E-state index is 13.6. The summed E-state index contributed by atoms with van der Waals surface area (Å²) in [5.74, 6) is -0.332. The molecule has 17 heavy (non-hydrogen) atoms. The minimum atomic E-state index is -0.332. The van der Waals surface area contributed by atoms with Gasteiger partial charge in [0.1, 0.15) is 5.82 Å². The lowest BCUT2D eigenvalue weighted by molar-refractivity contribution is -0.0695. The number of rotatable bonds is 5. The molecule has 0 bridgehead atoms. The molecule has 1 fully saturated rings. The molecule has 1 aromatic rings. The molecular formula is C13H17ClFNO. The Labute approximate surface area is 106 Å². The quantitative estimate of drug-likeness (QED) is 0.875. The molecule has 0 saturated heterocycles. The topological polar surface area (TPSA) is 21.3 Å². The van der Waals surface area contributed by atoms with Gasteiger partial charge in [-0.05, 0) is 25.3 Å². The third-order valence-electron chi connectivity index (χ3n) is 3.49. The Bertz CT molecular complexity index is 387. The van der Waals surface area contributed by atoms with E-state index in [9.17, 15) is 4.39 Å². The van der Waals surface area contributed by atoms with Gasteiger partial charge in [-0.2, -0.15) is 0 Å². The van der Waals surface area contributed by atoms with E-state index in [-0.39, 0.29) is 16.4 Å². The van der Waals surface area contributed by atoms with Crippen LogP contribution in [-0.4, -0.2) is 19.3 Å². The van der Waals surface area contributed by atoms with Gasteiger partial charge in [-0.15, -0.1) is 0 Å². The van der Waals surface area contributed by atoms with Crippen LogP contribution in [0.25, 0.3) is 0 Å². The van der Waals surface area contributed by atoms with Crippen molar-refractivity contribution in [3.05, 3.63) is 34.6 Å². The number of hydrogen-bond acceptors (Lipinski definition) is 2. The molecule has 0 spiro atoms. The van der Waals surface area contributed by atoms with Gasteiger partial charge >= 0.3 is 0 Å². The predicted molar refractivity (Wildman–Crippen MR) is 66.7 cm³/mol. The number of nitrogens with one attached hydrogen (secondary N) is 1. The molecule has 0 aliphatic heterocycles. The van der Waals surface area contributed by atoms with E-state index in [0.717, 1.165) is 19.4 Å². The van der Waals surface area contributed by atoms with Gasteiger partial charge in [0, 0.05) is 25.8 Å². The Hall–Kier alpha value is -0.640. The number of methoxy groups -OCH3 is 1. The Balaban J connectivity index is 1.88. The largest absolute Gasteiger partial charge is 0.377 e. The molecule has 1 aliphatic rings. The van der Waals surface area contributed by atoms with E-state index in [4.69, 9.17) is 16.3 Å². The summed E-state index contributed by atoms with van der Waals surface area (Å²) in [7, 11) is 1.74. The van der Waals surface area contributed by atoms with E-state index in [0.29, 0.717) is 12.1 Å². The summed E-state index contributed by atoms with van der Waals surface area (Å²) >= 11 is 5.72. The summed E-state index contributed by atoms with van der Waals surface area (Å²) in [6.07, 6.45) is 3.37. The van der Waals surface area contributed by atoms with Crippen molar-refractivity contribution in [3.63, 3.8) is 0 Å². The van der Waals surface area contributed by atoms with E-state index >= 15 is 0 Å². The van der Waals surface area contributed by atoms with Crippen LogP contribution in [0.3, 0.4) is 0 Å². The van der Waals surface area contributed by atoms with Crippen LogP contribution in [-0.2, 0) is 11.3 Å². The SMILES string of the molecule is COC1(CNCc2cccc(Cl)c2F)CCC1. The van der Waals surface area contributed by atoms with Gasteiger partial charge < -0.3 is 10.1 Å². The first-order valence-electron chi connectivity index (χ1n) is 5.86. The minimum absolute atomic E-state index is 0.0327. The smallest absolute Gasteiger partial charge is 0.146 e. The molecule has 1 N–H and O–H groups in total. The summed E-state index contributed by atoms with van der Waals surface area (Å²) in [5.41, 5.74) is 0.567. The fraction of sp³-hybridized carbons (Fsp3) is 0.538. The average molecular weight is 258 g/mol. The molecule has 0 radical (unpaired) electrons. The van der Waals surface area contributed by atoms with E-state index in [1.54, 1.807) is 25.3 Å². The zero-order valence-corrected chi connectivity index (χ0v) is 10.7. The molecule has 0 heterocycles. The first-order valence-corrected chi connectivity index (χ1v) is 6.23. The lowest BCUT2D eigenvalue weighted by Crippen LogP contribution is -2.47.